The third-order valence-electron chi connectivity index (χ3n) is 6.23. The summed E-state index contributed by atoms with van der Waals surface area (Å²) in [6.45, 7) is 3.87. The lowest BCUT2D eigenvalue weighted by Crippen LogP contribution is -2.48. The fourth-order valence-electron chi connectivity index (χ4n) is 4.21. The van der Waals surface area contributed by atoms with E-state index in [4.69, 9.17) is 18.6 Å². The molecule has 0 atom stereocenters. The maximum Gasteiger partial charge on any atom is 0.223 e. The summed E-state index contributed by atoms with van der Waals surface area (Å²) < 4.78 is 22.0. The second kappa shape index (κ2) is 11.1. The molecule has 0 radical (unpaired) electrons. The Kier molecular flexibility index (Phi) is 7.75. The van der Waals surface area contributed by atoms with Crippen molar-refractivity contribution in [3.05, 3.63) is 65.9 Å². The van der Waals surface area contributed by atoms with Crippen LogP contribution < -0.4 is 14.2 Å². The molecule has 2 aromatic carbocycles. The summed E-state index contributed by atoms with van der Waals surface area (Å²) >= 11 is 0. The van der Waals surface area contributed by atoms with Crippen LogP contribution in [0.3, 0.4) is 0 Å². The van der Waals surface area contributed by atoms with E-state index in [1.54, 1.807) is 21.3 Å². The van der Waals surface area contributed by atoms with Crippen molar-refractivity contribution in [2.75, 3.05) is 47.5 Å². The molecule has 34 heavy (non-hydrogen) atoms. The summed E-state index contributed by atoms with van der Waals surface area (Å²) in [7, 11) is 4.99. The molecule has 0 saturated carbocycles. The van der Waals surface area contributed by atoms with Gasteiger partial charge in [-0.15, -0.1) is 0 Å². The van der Waals surface area contributed by atoms with Gasteiger partial charge in [0.05, 0.1) is 21.3 Å². The second-order valence-corrected chi connectivity index (χ2v) is 8.33. The minimum absolute atomic E-state index is 0.168. The van der Waals surface area contributed by atoms with Crippen molar-refractivity contribution in [2.45, 2.75) is 19.4 Å². The van der Waals surface area contributed by atoms with Crippen molar-refractivity contribution in [1.29, 1.82) is 0 Å². The van der Waals surface area contributed by atoms with E-state index >= 15 is 0 Å². The fraction of sp³-hybridized carbons (Fsp3) is 0.370. The predicted molar refractivity (Wildman–Crippen MR) is 130 cm³/mol. The average molecular weight is 465 g/mol. The smallest absolute Gasteiger partial charge is 0.223 e. The molecular weight excluding hydrogens is 432 g/mol. The number of ether oxygens (including phenoxy) is 3. The molecule has 0 unspecified atom stereocenters. The summed E-state index contributed by atoms with van der Waals surface area (Å²) in [6.07, 6.45) is 1.04. The molecule has 180 valence electrons. The molecule has 3 aromatic rings. The lowest BCUT2D eigenvalue weighted by Gasteiger charge is -2.35. The number of carbonyl (C=O) groups is 1. The van der Waals surface area contributed by atoms with Gasteiger partial charge in [-0.3, -0.25) is 9.69 Å². The third kappa shape index (κ3) is 5.72. The van der Waals surface area contributed by atoms with Gasteiger partial charge in [0.2, 0.25) is 5.91 Å². The number of piperazine rings is 1. The fourth-order valence-corrected chi connectivity index (χ4v) is 4.21. The molecule has 1 aliphatic rings. The quantitative estimate of drug-likeness (QED) is 0.472. The van der Waals surface area contributed by atoms with Crippen LogP contribution in [0.5, 0.6) is 17.2 Å². The van der Waals surface area contributed by atoms with Gasteiger partial charge >= 0.3 is 0 Å². The molecule has 1 saturated heterocycles. The number of rotatable bonds is 9. The highest BCUT2D eigenvalue weighted by Crippen LogP contribution is 2.27. The maximum absolute atomic E-state index is 12.8. The summed E-state index contributed by atoms with van der Waals surface area (Å²) in [6, 6.07) is 17.5. The van der Waals surface area contributed by atoms with Crippen LogP contribution >= 0.6 is 0 Å². The van der Waals surface area contributed by atoms with E-state index < -0.39 is 0 Å². The van der Waals surface area contributed by atoms with Gasteiger partial charge in [0, 0.05) is 56.7 Å². The Morgan fingerprint density at radius 3 is 2.24 bits per heavy atom. The van der Waals surface area contributed by atoms with Crippen LogP contribution in [0.15, 0.2) is 59.0 Å². The highest BCUT2D eigenvalue weighted by Gasteiger charge is 2.22. The zero-order valence-corrected chi connectivity index (χ0v) is 20.1. The van der Waals surface area contributed by atoms with E-state index in [9.17, 15) is 4.79 Å². The van der Waals surface area contributed by atoms with Crippen LogP contribution in [-0.4, -0.2) is 63.2 Å². The third-order valence-corrected chi connectivity index (χ3v) is 6.23. The van der Waals surface area contributed by atoms with E-state index in [1.807, 2.05) is 59.5 Å². The molecule has 1 aromatic heterocycles. The Bertz CT molecular complexity index is 1080. The largest absolute Gasteiger partial charge is 0.497 e. The molecule has 0 bridgehead atoms. The number of carbonyl (C=O) groups excluding carboxylic acids is 1. The number of nitrogens with zero attached hydrogens (tertiary/aromatic N) is 2. The molecule has 7 heteroatoms. The van der Waals surface area contributed by atoms with Crippen molar-refractivity contribution in [1.82, 2.24) is 9.80 Å². The Morgan fingerprint density at radius 2 is 1.56 bits per heavy atom. The van der Waals surface area contributed by atoms with E-state index in [1.165, 1.54) is 0 Å². The highest BCUT2D eigenvalue weighted by molar-refractivity contribution is 5.76. The van der Waals surface area contributed by atoms with Gasteiger partial charge in [-0.2, -0.15) is 0 Å². The molecule has 1 fully saturated rings. The van der Waals surface area contributed by atoms with Crippen molar-refractivity contribution in [3.8, 4) is 28.6 Å². The summed E-state index contributed by atoms with van der Waals surface area (Å²) in [5.41, 5.74) is 2.08. The number of amides is 1. The Morgan fingerprint density at radius 1 is 0.853 bits per heavy atom. The lowest BCUT2D eigenvalue weighted by atomic mass is 10.1. The number of benzene rings is 2. The number of hydrogen-bond donors (Lipinski definition) is 0. The Balaban J connectivity index is 1.25. The monoisotopic (exact) mass is 464 g/mol. The van der Waals surface area contributed by atoms with Gasteiger partial charge in [0.25, 0.3) is 0 Å². The van der Waals surface area contributed by atoms with Crippen LogP contribution in [-0.2, 0) is 17.8 Å². The molecule has 4 rings (SSSR count). The average Bonchev–Trinajstić information content (AvgIpc) is 3.37. The summed E-state index contributed by atoms with van der Waals surface area (Å²) in [4.78, 5) is 17.1. The van der Waals surface area contributed by atoms with Gasteiger partial charge in [0.1, 0.15) is 28.8 Å². The van der Waals surface area contributed by atoms with Gasteiger partial charge in [-0.1, -0.05) is 0 Å². The molecule has 0 aliphatic carbocycles. The SMILES string of the molecule is COc1ccc(-c2ccc(CCC(=O)N3CCN(Cc4cc(OC)ccc4OC)CC3)o2)cc1. The van der Waals surface area contributed by atoms with Crippen molar-refractivity contribution < 1.29 is 23.4 Å². The molecule has 0 spiro atoms. The van der Waals surface area contributed by atoms with E-state index in [0.717, 1.165) is 72.6 Å². The minimum atomic E-state index is 0.168. The van der Waals surface area contributed by atoms with Crippen molar-refractivity contribution in [3.63, 3.8) is 0 Å². The van der Waals surface area contributed by atoms with Crippen LogP contribution in [0.25, 0.3) is 11.3 Å². The number of hydrogen-bond acceptors (Lipinski definition) is 6. The van der Waals surface area contributed by atoms with Gasteiger partial charge in [-0.05, 0) is 54.6 Å². The van der Waals surface area contributed by atoms with Crippen molar-refractivity contribution in [2.24, 2.45) is 0 Å². The second-order valence-electron chi connectivity index (χ2n) is 8.33. The number of methoxy groups -OCH3 is 3. The van der Waals surface area contributed by atoms with E-state index in [0.29, 0.717) is 12.8 Å². The van der Waals surface area contributed by atoms with Gasteiger partial charge < -0.3 is 23.5 Å². The molecule has 1 aliphatic heterocycles. The standard InChI is InChI=1S/C27H32N2O5/c1-31-22-6-4-20(5-7-22)26-12-8-23(34-26)10-13-27(30)29-16-14-28(15-17-29)19-21-18-24(32-2)9-11-25(21)33-3/h4-9,11-12,18H,10,13-17,19H2,1-3H3. The maximum atomic E-state index is 12.8. The van der Waals surface area contributed by atoms with Crippen molar-refractivity contribution >= 4 is 5.91 Å². The predicted octanol–water partition coefficient (Wildman–Crippen LogP) is 4.25. The number of furan rings is 1. The Hall–Kier alpha value is -3.45. The van der Waals surface area contributed by atoms with E-state index in [2.05, 4.69) is 4.90 Å². The highest BCUT2D eigenvalue weighted by atomic mass is 16.5. The zero-order chi connectivity index (χ0) is 23.9. The van der Waals surface area contributed by atoms with Gasteiger partial charge in [0.15, 0.2) is 0 Å². The summed E-state index contributed by atoms with van der Waals surface area (Å²) in [5, 5.41) is 0. The first-order valence-corrected chi connectivity index (χ1v) is 11.5. The molecule has 2 heterocycles. The first-order chi connectivity index (χ1) is 16.6. The number of aryl methyl sites for hydroxylation is 1. The van der Waals surface area contributed by atoms with Crippen LogP contribution in [0.2, 0.25) is 0 Å². The van der Waals surface area contributed by atoms with Gasteiger partial charge in [-0.25, -0.2) is 0 Å². The van der Waals surface area contributed by atoms with Crippen LogP contribution in [0.4, 0.5) is 0 Å². The Labute approximate surface area is 200 Å². The van der Waals surface area contributed by atoms with Crippen LogP contribution in [0.1, 0.15) is 17.7 Å². The molecular formula is C27H32N2O5. The molecule has 0 N–H and O–H groups in total. The first-order valence-electron chi connectivity index (χ1n) is 11.5. The topological polar surface area (TPSA) is 64.4 Å². The first kappa shape index (κ1) is 23.7. The molecule has 1 amide bonds. The lowest BCUT2D eigenvalue weighted by molar-refractivity contribution is -0.133. The van der Waals surface area contributed by atoms with E-state index in [-0.39, 0.29) is 5.91 Å². The molecule has 7 nitrogen and oxygen atoms in total. The normalized spacial score (nSPS) is 14.1. The minimum Gasteiger partial charge on any atom is -0.497 e. The summed E-state index contributed by atoms with van der Waals surface area (Å²) in [5.74, 6) is 4.27. The zero-order valence-electron chi connectivity index (χ0n) is 20.1. The van der Waals surface area contributed by atoms with Crippen LogP contribution in [0, 0.1) is 0 Å².